The molecule has 346 valence electrons. The molecule has 0 N–H and O–H groups in total. The Morgan fingerprint density at radius 2 is 0.824 bits per heavy atom. The van der Waals surface area contributed by atoms with Crippen molar-refractivity contribution in [3.63, 3.8) is 0 Å². The topological polar surface area (TPSA) is 177 Å². The minimum atomic E-state index is -0.106. The Bertz CT molecular complexity index is 2960. The number of rotatable bonds is 24. The second-order valence-corrected chi connectivity index (χ2v) is 15.5. The van der Waals surface area contributed by atoms with Crippen molar-refractivity contribution in [2.24, 2.45) is 0 Å². The third kappa shape index (κ3) is 12.0. The van der Waals surface area contributed by atoms with Crippen LogP contribution < -0.4 is 20.3 Å². The molecule has 0 aliphatic heterocycles. The van der Waals surface area contributed by atoms with Crippen molar-refractivity contribution in [2.75, 3.05) is 66.1 Å². The zero-order chi connectivity index (χ0) is 46.3. The van der Waals surface area contributed by atoms with Gasteiger partial charge >= 0.3 is 0 Å². The molecule has 68 heavy (non-hydrogen) atoms. The van der Waals surface area contributed by atoms with Crippen LogP contribution in [-0.4, -0.2) is 96.1 Å². The lowest BCUT2D eigenvalue weighted by atomic mass is 10.1. The summed E-state index contributed by atoms with van der Waals surface area (Å²) in [7, 11) is 0. The van der Waals surface area contributed by atoms with Crippen molar-refractivity contribution in [3.8, 4) is 56.7 Å². The van der Waals surface area contributed by atoms with E-state index < -0.39 is 0 Å². The number of aromatic nitrogens is 6. The fourth-order valence-corrected chi connectivity index (χ4v) is 7.25. The molecule has 9 rings (SSSR count). The monoisotopic (exact) mass is 916 g/mol. The number of benzene rings is 5. The molecule has 16 nitrogen and oxygen atoms in total. The maximum atomic E-state index is 12.6. The number of fused-ring (bicyclic) bond motifs is 2. The summed E-state index contributed by atoms with van der Waals surface area (Å²) in [6, 6.07) is 40.4. The van der Waals surface area contributed by atoms with Crippen LogP contribution >= 0.6 is 0 Å². The van der Waals surface area contributed by atoms with Crippen LogP contribution in [0.1, 0.15) is 0 Å². The molecule has 4 heterocycles. The van der Waals surface area contributed by atoms with Gasteiger partial charge in [0, 0.05) is 46.5 Å². The van der Waals surface area contributed by atoms with E-state index in [0.29, 0.717) is 124 Å². The molecule has 0 atom stereocenters. The van der Waals surface area contributed by atoms with Gasteiger partial charge in [0.05, 0.1) is 89.1 Å². The second kappa shape index (κ2) is 22.6. The van der Waals surface area contributed by atoms with E-state index in [1.54, 1.807) is 45.8 Å². The van der Waals surface area contributed by atoms with E-state index in [1.807, 2.05) is 97.3 Å². The predicted molar refractivity (Wildman–Crippen MR) is 255 cm³/mol. The van der Waals surface area contributed by atoms with Gasteiger partial charge in [-0.25, -0.2) is 9.36 Å². The molecule has 0 spiro atoms. The molecule has 0 fully saturated rings. The fraction of sp³-hybridized carbons (Fsp3) is 0.231. The zero-order valence-corrected chi connectivity index (χ0v) is 37.1. The van der Waals surface area contributed by atoms with Crippen LogP contribution in [-0.2, 0) is 32.0 Å². The second-order valence-electron chi connectivity index (χ2n) is 15.5. The van der Waals surface area contributed by atoms with Gasteiger partial charge in [-0.2, -0.15) is 0 Å². The molecule has 5 aromatic carbocycles. The number of ether oxygens (including phenoxy) is 6. The fourth-order valence-electron chi connectivity index (χ4n) is 7.25. The Balaban J connectivity index is 0.629. The first-order chi connectivity index (χ1) is 33.5. The van der Waals surface area contributed by atoms with Gasteiger partial charge in [0.25, 0.3) is 0 Å². The summed E-state index contributed by atoms with van der Waals surface area (Å²) in [5.41, 5.74) is 5.66. The van der Waals surface area contributed by atoms with Crippen molar-refractivity contribution in [2.45, 2.75) is 13.1 Å². The number of nitrogens with zero attached hydrogens (tertiary/aromatic N) is 6. The molecule has 16 heteroatoms. The lowest BCUT2D eigenvalue weighted by Gasteiger charge is -2.09. The lowest BCUT2D eigenvalue weighted by molar-refractivity contribution is 0.0333. The molecule has 0 amide bonds. The first-order valence-corrected chi connectivity index (χ1v) is 22.3. The van der Waals surface area contributed by atoms with Gasteiger partial charge in [-0.15, -0.1) is 10.2 Å². The standard InChI is InChI=1S/C52H48N6O10/c59-47-33-49(37-8-3-1-4-9-37)67-51-31-41(14-16-43(47)51)65-28-26-63-24-22-61-20-18-57-35-45(53-55-57)39-12-7-13-40(30-39)46-36-58(56-54-46)19-21-62-23-25-64-27-29-66-42-15-17-44-48(60)34-50(68-52(44)32-42)38-10-5-2-6-11-38/h1-17,30-36H,18-29H2. The molecule has 0 bridgehead atoms. The molecule has 4 aromatic heterocycles. The maximum Gasteiger partial charge on any atom is 0.193 e. The molecule has 0 aliphatic carbocycles. The van der Waals surface area contributed by atoms with Crippen LogP contribution in [0.3, 0.4) is 0 Å². The van der Waals surface area contributed by atoms with Crippen LogP contribution in [0.4, 0.5) is 0 Å². The summed E-state index contributed by atoms with van der Waals surface area (Å²) in [5, 5.41) is 18.3. The molecular formula is C52H48N6O10. The Morgan fingerprint density at radius 1 is 0.412 bits per heavy atom. The Hall–Kier alpha value is -7.76. The van der Waals surface area contributed by atoms with Crippen molar-refractivity contribution < 1.29 is 37.3 Å². The molecule has 0 saturated carbocycles. The van der Waals surface area contributed by atoms with Crippen molar-refractivity contribution in [1.82, 2.24) is 30.0 Å². The van der Waals surface area contributed by atoms with E-state index in [1.165, 1.54) is 12.1 Å². The number of hydrogen-bond acceptors (Lipinski definition) is 14. The van der Waals surface area contributed by atoms with Gasteiger partial charge in [-0.05, 0) is 30.3 Å². The van der Waals surface area contributed by atoms with Crippen LogP contribution in [0.2, 0.25) is 0 Å². The normalized spacial score (nSPS) is 11.4. The van der Waals surface area contributed by atoms with E-state index in [0.717, 1.165) is 33.6 Å². The van der Waals surface area contributed by atoms with Crippen LogP contribution in [0.25, 0.3) is 67.1 Å². The average Bonchev–Trinajstić information content (AvgIpc) is 4.06. The average molecular weight is 917 g/mol. The summed E-state index contributed by atoms with van der Waals surface area (Å²) in [6.45, 7) is 5.01. The van der Waals surface area contributed by atoms with Gasteiger partial charge in [-0.1, -0.05) is 89.3 Å². The molecule has 0 radical (unpaired) electrons. The van der Waals surface area contributed by atoms with E-state index in [9.17, 15) is 9.59 Å². The van der Waals surface area contributed by atoms with E-state index in [4.69, 9.17) is 37.3 Å². The SMILES string of the molecule is O=c1cc(-c2ccccc2)oc2cc(OCCOCCOCCn3cc(-c4cccc(-c5cn(CCOCCOCCOc6ccc7c(=O)cc(-c8ccccc8)oc7c6)nn5)c4)nn3)ccc12. The van der Waals surface area contributed by atoms with Gasteiger partial charge in [0.1, 0.15) is 58.8 Å². The van der Waals surface area contributed by atoms with Gasteiger partial charge in [0.2, 0.25) is 0 Å². The molecule has 0 unspecified atom stereocenters. The van der Waals surface area contributed by atoms with E-state index in [2.05, 4.69) is 20.6 Å². The first kappa shape index (κ1) is 45.4. The molecule has 0 aliphatic rings. The largest absolute Gasteiger partial charge is 0.491 e. The quantitative estimate of drug-likeness (QED) is 0.0533. The molecule has 0 saturated heterocycles. The highest BCUT2D eigenvalue weighted by Crippen LogP contribution is 2.27. The van der Waals surface area contributed by atoms with Crippen molar-refractivity contribution in [3.05, 3.63) is 166 Å². The summed E-state index contributed by atoms with van der Waals surface area (Å²) in [4.78, 5) is 25.3. The highest BCUT2D eigenvalue weighted by atomic mass is 16.5. The summed E-state index contributed by atoms with van der Waals surface area (Å²) in [6.07, 6.45) is 3.77. The Morgan fingerprint density at radius 3 is 1.28 bits per heavy atom. The van der Waals surface area contributed by atoms with Gasteiger partial charge in [0.15, 0.2) is 10.9 Å². The first-order valence-electron chi connectivity index (χ1n) is 22.3. The summed E-state index contributed by atoms with van der Waals surface area (Å²) >= 11 is 0. The minimum Gasteiger partial charge on any atom is -0.491 e. The zero-order valence-electron chi connectivity index (χ0n) is 37.1. The Labute approximate surface area is 390 Å². The molecular weight excluding hydrogens is 869 g/mol. The summed E-state index contributed by atoms with van der Waals surface area (Å²) in [5.74, 6) is 2.20. The van der Waals surface area contributed by atoms with Gasteiger partial charge in [-0.3, -0.25) is 9.59 Å². The van der Waals surface area contributed by atoms with Crippen molar-refractivity contribution in [1.29, 1.82) is 0 Å². The van der Waals surface area contributed by atoms with Crippen molar-refractivity contribution >= 4 is 21.9 Å². The van der Waals surface area contributed by atoms with Crippen LogP contribution in [0.15, 0.2) is 164 Å². The third-order valence-corrected chi connectivity index (χ3v) is 10.7. The molecule has 9 aromatic rings. The number of hydrogen-bond donors (Lipinski definition) is 0. The summed E-state index contributed by atoms with van der Waals surface area (Å²) < 4.78 is 50.1. The van der Waals surface area contributed by atoms with Crippen LogP contribution in [0, 0.1) is 0 Å². The maximum absolute atomic E-state index is 12.6. The smallest absolute Gasteiger partial charge is 0.193 e. The van der Waals surface area contributed by atoms with E-state index >= 15 is 0 Å². The highest BCUT2D eigenvalue weighted by Gasteiger charge is 2.12. The van der Waals surface area contributed by atoms with E-state index in [-0.39, 0.29) is 10.9 Å². The lowest BCUT2D eigenvalue weighted by Crippen LogP contribution is -2.13. The Kier molecular flexibility index (Phi) is 15.1. The van der Waals surface area contributed by atoms with Crippen LogP contribution in [0.5, 0.6) is 11.5 Å². The van der Waals surface area contributed by atoms with Gasteiger partial charge < -0.3 is 37.3 Å². The third-order valence-electron chi connectivity index (χ3n) is 10.7. The highest BCUT2D eigenvalue weighted by molar-refractivity contribution is 5.81. The minimum absolute atomic E-state index is 0.106. The predicted octanol–water partition coefficient (Wildman–Crippen LogP) is 7.97.